The minimum atomic E-state index is -3.86. The zero-order chi connectivity index (χ0) is 17.9. The van der Waals surface area contributed by atoms with Crippen molar-refractivity contribution >= 4 is 38.2 Å². The molecule has 0 fully saturated rings. The number of sulfonamides is 1. The van der Waals surface area contributed by atoms with E-state index in [1.807, 2.05) is 6.92 Å². The smallest absolute Gasteiger partial charge is 0.327 e. The van der Waals surface area contributed by atoms with Gasteiger partial charge in [-0.3, -0.25) is 4.90 Å². The molecule has 2 amide bonds. The fraction of sp³-hybridized carbons (Fsp3) is 0.286. The molecule has 0 atom stereocenters. The average molecular weight is 370 g/mol. The first-order valence-electron chi connectivity index (χ1n) is 7.00. The first kappa shape index (κ1) is 18.2. The van der Waals surface area contributed by atoms with Crippen molar-refractivity contribution in [2.45, 2.75) is 18.1 Å². The number of carbonyl (C=O) groups is 1. The number of nitrogens with one attached hydrogen (secondary N) is 1. The molecule has 2 rings (SSSR count). The molecule has 0 unspecified atom stereocenters. The largest absolute Gasteiger partial charge is 0.494 e. The number of nitrogens with two attached hydrogens (primary N) is 1. The van der Waals surface area contributed by atoms with Gasteiger partial charge in [-0.25, -0.2) is 23.3 Å². The predicted molar refractivity (Wildman–Crippen MR) is 93.3 cm³/mol. The number of rotatable bonds is 5. The fourth-order valence-electron chi connectivity index (χ4n) is 1.87. The number of primary sulfonamides is 1. The standard InChI is InChI=1S/C14H18N4O4S2/c1-4-22-11-7-5-10(6-8-11)17-13(19)18(3)14-16-9(2)12(23-14)24(15,20)21/h5-8H,4H2,1-3H3,(H,17,19)(H2,15,20,21). The van der Waals surface area contributed by atoms with Crippen LogP contribution in [0.2, 0.25) is 0 Å². The van der Waals surface area contributed by atoms with E-state index in [4.69, 9.17) is 9.88 Å². The van der Waals surface area contributed by atoms with Crippen molar-refractivity contribution in [2.24, 2.45) is 5.14 Å². The van der Waals surface area contributed by atoms with Gasteiger partial charge in [0.05, 0.1) is 12.3 Å². The molecule has 0 saturated carbocycles. The van der Waals surface area contributed by atoms with Crippen LogP contribution >= 0.6 is 11.3 Å². The molecular formula is C14H18N4O4S2. The normalized spacial score (nSPS) is 11.2. The van der Waals surface area contributed by atoms with Gasteiger partial charge in [0.2, 0.25) is 10.0 Å². The molecule has 1 aromatic heterocycles. The summed E-state index contributed by atoms with van der Waals surface area (Å²) in [6, 6.07) is 6.45. The molecule has 2 aromatic rings. The van der Waals surface area contributed by atoms with Gasteiger partial charge in [-0.15, -0.1) is 0 Å². The number of aryl methyl sites for hydroxylation is 1. The lowest BCUT2D eigenvalue weighted by molar-refractivity contribution is 0.258. The van der Waals surface area contributed by atoms with Crippen molar-refractivity contribution in [3.63, 3.8) is 0 Å². The molecule has 10 heteroatoms. The van der Waals surface area contributed by atoms with E-state index >= 15 is 0 Å². The first-order chi connectivity index (χ1) is 11.2. The first-order valence-corrected chi connectivity index (χ1v) is 9.36. The minimum absolute atomic E-state index is 0.0572. The van der Waals surface area contributed by atoms with Crippen molar-refractivity contribution < 1.29 is 17.9 Å². The van der Waals surface area contributed by atoms with Crippen LogP contribution in [0.1, 0.15) is 12.6 Å². The Labute approximate surface area is 144 Å². The number of hydrogen-bond donors (Lipinski definition) is 2. The fourth-order valence-corrected chi connectivity index (χ4v) is 3.78. The molecule has 0 radical (unpaired) electrons. The predicted octanol–water partition coefficient (Wildman–Crippen LogP) is 2.17. The third-order valence-corrected chi connectivity index (χ3v) is 5.80. The summed E-state index contributed by atoms with van der Waals surface area (Å²) in [4.78, 5) is 17.6. The van der Waals surface area contributed by atoms with Gasteiger partial charge in [0.25, 0.3) is 0 Å². The monoisotopic (exact) mass is 370 g/mol. The quantitative estimate of drug-likeness (QED) is 0.837. The molecule has 8 nitrogen and oxygen atoms in total. The van der Waals surface area contributed by atoms with E-state index < -0.39 is 16.1 Å². The topological polar surface area (TPSA) is 115 Å². The highest BCUT2D eigenvalue weighted by atomic mass is 32.2. The highest BCUT2D eigenvalue weighted by molar-refractivity contribution is 7.91. The van der Waals surface area contributed by atoms with E-state index in [2.05, 4.69) is 10.3 Å². The summed E-state index contributed by atoms with van der Waals surface area (Å²) in [7, 11) is -2.36. The Morgan fingerprint density at radius 2 is 2.00 bits per heavy atom. The number of hydrogen-bond acceptors (Lipinski definition) is 6. The maximum Gasteiger partial charge on any atom is 0.327 e. The minimum Gasteiger partial charge on any atom is -0.494 e. The second-order valence-electron chi connectivity index (χ2n) is 4.86. The number of benzene rings is 1. The molecule has 0 aliphatic rings. The Kier molecular flexibility index (Phi) is 5.42. The lowest BCUT2D eigenvalue weighted by Crippen LogP contribution is -2.31. The Hall–Kier alpha value is -2.17. The zero-order valence-electron chi connectivity index (χ0n) is 13.4. The Balaban J connectivity index is 2.12. The number of aromatic nitrogens is 1. The van der Waals surface area contributed by atoms with Crippen LogP contribution in [0, 0.1) is 6.92 Å². The van der Waals surface area contributed by atoms with Crippen LogP contribution in [-0.4, -0.2) is 33.1 Å². The number of urea groups is 1. The van der Waals surface area contributed by atoms with E-state index in [9.17, 15) is 13.2 Å². The molecule has 0 aliphatic carbocycles. The van der Waals surface area contributed by atoms with Crippen molar-refractivity contribution in [3.8, 4) is 5.75 Å². The van der Waals surface area contributed by atoms with Gasteiger partial charge < -0.3 is 10.1 Å². The molecule has 3 N–H and O–H groups in total. The summed E-state index contributed by atoms with van der Waals surface area (Å²) in [6.45, 7) is 3.97. The van der Waals surface area contributed by atoms with Crippen molar-refractivity contribution in [1.82, 2.24) is 4.98 Å². The van der Waals surface area contributed by atoms with Gasteiger partial charge in [0, 0.05) is 12.7 Å². The van der Waals surface area contributed by atoms with Crippen LogP contribution in [0.5, 0.6) is 5.75 Å². The van der Waals surface area contributed by atoms with Crippen molar-refractivity contribution in [3.05, 3.63) is 30.0 Å². The zero-order valence-corrected chi connectivity index (χ0v) is 15.1. The summed E-state index contributed by atoms with van der Waals surface area (Å²) in [5.74, 6) is 0.706. The molecule has 24 heavy (non-hydrogen) atoms. The van der Waals surface area contributed by atoms with Gasteiger partial charge in [-0.05, 0) is 38.1 Å². The maximum absolute atomic E-state index is 12.3. The number of nitrogens with zero attached hydrogens (tertiary/aromatic N) is 2. The van der Waals surface area contributed by atoms with E-state index in [-0.39, 0.29) is 15.0 Å². The molecule has 130 valence electrons. The van der Waals surface area contributed by atoms with E-state index in [1.54, 1.807) is 24.3 Å². The number of ether oxygens (including phenoxy) is 1. The number of anilines is 2. The van der Waals surface area contributed by atoms with E-state index in [0.717, 1.165) is 11.3 Å². The van der Waals surface area contributed by atoms with Crippen LogP contribution in [-0.2, 0) is 10.0 Å². The lowest BCUT2D eigenvalue weighted by atomic mass is 10.3. The Morgan fingerprint density at radius 3 is 2.50 bits per heavy atom. The van der Waals surface area contributed by atoms with Crippen molar-refractivity contribution in [1.29, 1.82) is 0 Å². The van der Waals surface area contributed by atoms with Crippen LogP contribution < -0.4 is 20.1 Å². The van der Waals surface area contributed by atoms with Crippen LogP contribution in [0.15, 0.2) is 28.5 Å². The van der Waals surface area contributed by atoms with Crippen molar-refractivity contribution in [2.75, 3.05) is 23.9 Å². The van der Waals surface area contributed by atoms with Gasteiger partial charge >= 0.3 is 6.03 Å². The third-order valence-electron chi connectivity index (χ3n) is 3.01. The van der Waals surface area contributed by atoms with Gasteiger partial charge in [0.1, 0.15) is 5.75 Å². The second kappa shape index (κ2) is 7.16. The number of carbonyl (C=O) groups excluding carboxylic acids is 1. The van der Waals surface area contributed by atoms with Gasteiger partial charge in [0.15, 0.2) is 9.34 Å². The third kappa shape index (κ3) is 4.22. The average Bonchev–Trinajstić information content (AvgIpc) is 2.91. The molecule has 0 aliphatic heterocycles. The molecule has 1 aromatic carbocycles. The highest BCUT2D eigenvalue weighted by Gasteiger charge is 2.22. The summed E-state index contributed by atoms with van der Waals surface area (Å²) < 4.78 is 28.2. The Bertz CT molecular complexity index is 831. The number of amides is 2. The van der Waals surface area contributed by atoms with Gasteiger partial charge in [-0.1, -0.05) is 11.3 Å². The maximum atomic E-state index is 12.3. The van der Waals surface area contributed by atoms with Gasteiger partial charge in [-0.2, -0.15) is 0 Å². The molecule has 0 spiro atoms. The Morgan fingerprint density at radius 1 is 1.38 bits per heavy atom. The summed E-state index contributed by atoms with van der Waals surface area (Å²) in [6.07, 6.45) is 0. The van der Waals surface area contributed by atoms with Crippen LogP contribution in [0.25, 0.3) is 0 Å². The summed E-state index contributed by atoms with van der Waals surface area (Å²) in [5.41, 5.74) is 0.841. The number of thiazole rings is 1. The van der Waals surface area contributed by atoms with Crippen LogP contribution in [0.4, 0.5) is 15.6 Å². The molecule has 0 saturated heterocycles. The summed E-state index contributed by atoms with van der Waals surface area (Å²) in [5, 5.41) is 8.05. The molecule has 1 heterocycles. The SMILES string of the molecule is CCOc1ccc(NC(=O)N(C)c2nc(C)c(S(N)(=O)=O)s2)cc1. The van der Waals surface area contributed by atoms with E-state index in [0.29, 0.717) is 18.0 Å². The summed E-state index contributed by atoms with van der Waals surface area (Å²) >= 11 is 0.843. The van der Waals surface area contributed by atoms with Crippen LogP contribution in [0.3, 0.4) is 0 Å². The van der Waals surface area contributed by atoms with E-state index in [1.165, 1.54) is 18.9 Å². The molecular weight excluding hydrogens is 352 g/mol. The highest BCUT2D eigenvalue weighted by Crippen LogP contribution is 2.28. The second-order valence-corrected chi connectivity index (χ2v) is 7.60. The lowest BCUT2D eigenvalue weighted by Gasteiger charge is -2.15. The molecule has 0 bridgehead atoms.